The standard InChI is InChI=1S/C20H25N5OS/c1-15-5-2-8-18(22-15)14-24-9-4-10-25(12-11-24)19(26)16-6-3-7-17(13-16)23-20(21)27/h2-3,5-8,13H,4,9-12,14H2,1H3,(H3,21,23,27). The van der Waals surface area contributed by atoms with Gasteiger partial charge in [-0.25, -0.2) is 0 Å². The Labute approximate surface area is 165 Å². The first-order valence-electron chi connectivity index (χ1n) is 9.12. The average molecular weight is 384 g/mol. The minimum Gasteiger partial charge on any atom is -0.376 e. The van der Waals surface area contributed by atoms with Crippen molar-refractivity contribution in [3.05, 3.63) is 59.4 Å². The number of pyridine rings is 1. The summed E-state index contributed by atoms with van der Waals surface area (Å²) in [6, 6.07) is 13.4. The number of nitrogens with zero attached hydrogens (tertiary/aromatic N) is 3. The molecule has 0 atom stereocenters. The molecule has 1 amide bonds. The Balaban J connectivity index is 1.62. The van der Waals surface area contributed by atoms with Crippen LogP contribution in [-0.4, -0.2) is 52.0 Å². The minimum atomic E-state index is 0.0390. The van der Waals surface area contributed by atoms with Gasteiger partial charge >= 0.3 is 0 Å². The van der Waals surface area contributed by atoms with Gasteiger partial charge in [-0.3, -0.25) is 14.7 Å². The third-order valence-electron chi connectivity index (χ3n) is 4.58. The van der Waals surface area contributed by atoms with E-state index < -0.39 is 0 Å². The second-order valence-electron chi connectivity index (χ2n) is 6.76. The van der Waals surface area contributed by atoms with Gasteiger partial charge in [0.2, 0.25) is 0 Å². The van der Waals surface area contributed by atoms with Crippen molar-refractivity contribution < 1.29 is 4.79 Å². The van der Waals surface area contributed by atoms with Gasteiger partial charge in [-0.05, 0) is 55.9 Å². The van der Waals surface area contributed by atoms with Crippen LogP contribution in [0.15, 0.2) is 42.5 Å². The van der Waals surface area contributed by atoms with Crippen LogP contribution >= 0.6 is 12.2 Å². The van der Waals surface area contributed by atoms with E-state index in [9.17, 15) is 4.79 Å². The number of amides is 1. The molecule has 1 saturated heterocycles. The van der Waals surface area contributed by atoms with Gasteiger partial charge in [0.15, 0.2) is 5.11 Å². The summed E-state index contributed by atoms with van der Waals surface area (Å²) in [5.74, 6) is 0.0390. The number of carbonyl (C=O) groups excluding carboxylic acids is 1. The van der Waals surface area contributed by atoms with Crippen molar-refractivity contribution in [1.82, 2.24) is 14.8 Å². The number of thiocarbonyl (C=S) groups is 1. The number of anilines is 1. The molecule has 7 heteroatoms. The van der Waals surface area contributed by atoms with E-state index in [1.54, 1.807) is 6.07 Å². The van der Waals surface area contributed by atoms with Gasteiger partial charge in [-0.1, -0.05) is 12.1 Å². The molecule has 0 aliphatic carbocycles. The zero-order chi connectivity index (χ0) is 19.2. The highest BCUT2D eigenvalue weighted by Gasteiger charge is 2.20. The summed E-state index contributed by atoms with van der Waals surface area (Å²) >= 11 is 4.86. The number of nitrogens with two attached hydrogens (primary N) is 1. The lowest BCUT2D eigenvalue weighted by Gasteiger charge is -2.22. The fraction of sp³-hybridized carbons (Fsp3) is 0.350. The molecule has 1 aromatic carbocycles. The van der Waals surface area contributed by atoms with Crippen molar-refractivity contribution in [3.8, 4) is 0 Å². The number of aryl methyl sites for hydroxylation is 1. The van der Waals surface area contributed by atoms with E-state index in [1.807, 2.05) is 42.2 Å². The fourth-order valence-electron chi connectivity index (χ4n) is 3.30. The van der Waals surface area contributed by atoms with Crippen molar-refractivity contribution >= 4 is 28.9 Å². The molecule has 27 heavy (non-hydrogen) atoms. The SMILES string of the molecule is Cc1cccc(CN2CCCN(C(=O)c3cccc(NC(N)=S)c3)CC2)n1. The maximum atomic E-state index is 12.9. The monoisotopic (exact) mass is 383 g/mol. The molecule has 1 aliphatic rings. The van der Waals surface area contributed by atoms with Crippen LogP contribution in [0.25, 0.3) is 0 Å². The first-order chi connectivity index (χ1) is 13.0. The quantitative estimate of drug-likeness (QED) is 0.790. The van der Waals surface area contributed by atoms with Crippen LogP contribution in [0.2, 0.25) is 0 Å². The lowest BCUT2D eigenvalue weighted by molar-refractivity contribution is 0.0761. The third kappa shape index (κ3) is 5.48. The number of rotatable bonds is 4. The topological polar surface area (TPSA) is 74.5 Å². The molecule has 0 bridgehead atoms. The van der Waals surface area contributed by atoms with Crippen LogP contribution in [0.5, 0.6) is 0 Å². The normalized spacial score (nSPS) is 15.2. The molecule has 1 aromatic heterocycles. The largest absolute Gasteiger partial charge is 0.376 e. The van der Waals surface area contributed by atoms with E-state index in [2.05, 4.69) is 21.3 Å². The summed E-state index contributed by atoms with van der Waals surface area (Å²) in [6.07, 6.45) is 0.947. The maximum Gasteiger partial charge on any atom is 0.253 e. The second-order valence-corrected chi connectivity index (χ2v) is 7.20. The molecule has 0 radical (unpaired) electrons. The average Bonchev–Trinajstić information content (AvgIpc) is 2.86. The summed E-state index contributed by atoms with van der Waals surface area (Å²) < 4.78 is 0. The van der Waals surface area contributed by atoms with Crippen LogP contribution in [0.1, 0.15) is 28.2 Å². The van der Waals surface area contributed by atoms with Crippen LogP contribution in [0.3, 0.4) is 0 Å². The van der Waals surface area contributed by atoms with E-state index in [0.29, 0.717) is 12.1 Å². The summed E-state index contributed by atoms with van der Waals surface area (Å²) in [4.78, 5) is 21.8. The lowest BCUT2D eigenvalue weighted by atomic mass is 10.1. The Kier molecular flexibility index (Phi) is 6.36. The van der Waals surface area contributed by atoms with Gasteiger partial charge in [0.05, 0.1) is 5.69 Å². The Hall–Kier alpha value is -2.51. The van der Waals surface area contributed by atoms with Gasteiger partial charge in [0.1, 0.15) is 0 Å². The van der Waals surface area contributed by atoms with Gasteiger partial charge in [-0.2, -0.15) is 0 Å². The van der Waals surface area contributed by atoms with E-state index in [-0.39, 0.29) is 11.0 Å². The zero-order valence-electron chi connectivity index (χ0n) is 15.5. The molecule has 142 valence electrons. The highest BCUT2D eigenvalue weighted by atomic mass is 32.1. The fourth-order valence-corrected chi connectivity index (χ4v) is 3.42. The Bertz CT molecular complexity index is 826. The predicted octanol–water partition coefficient (Wildman–Crippen LogP) is 2.39. The molecule has 2 aromatic rings. The van der Waals surface area contributed by atoms with Crippen molar-refractivity contribution in [2.24, 2.45) is 5.73 Å². The van der Waals surface area contributed by atoms with Crippen LogP contribution in [-0.2, 0) is 6.54 Å². The Morgan fingerprint density at radius 3 is 2.78 bits per heavy atom. The zero-order valence-corrected chi connectivity index (χ0v) is 16.3. The molecular weight excluding hydrogens is 358 g/mol. The molecule has 0 spiro atoms. The van der Waals surface area contributed by atoms with Crippen LogP contribution in [0.4, 0.5) is 5.69 Å². The van der Waals surface area contributed by atoms with Gasteiger partial charge < -0.3 is 16.0 Å². The molecule has 2 heterocycles. The van der Waals surface area contributed by atoms with E-state index in [4.69, 9.17) is 18.0 Å². The summed E-state index contributed by atoms with van der Waals surface area (Å²) in [5.41, 5.74) is 9.00. The smallest absolute Gasteiger partial charge is 0.253 e. The minimum absolute atomic E-state index is 0.0390. The molecule has 3 N–H and O–H groups in total. The highest BCUT2D eigenvalue weighted by Crippen LogP contribution is 2.15. The van der Waals surface area contributed by atoms with E-state index in [0.717, 1.165) is 49.7 Å². The number of benzene rings is 1. The summed E-state index contributed by atoms with van der Waals surface area (Å²) in [5, 5.41) is 3.07. The molecule has 1 fully saturated rings. The van der Waals surface area contributed by atoms with Crippen molar-refractivity contribution in [2.75, 3.05) is 31.5 Å². The van der Waals surface area contributed by atoms with E-state index >= 15 is 0 Å². The van der Waals surface area contributed by atoms with Gasteiger partial charge in [0.25, 0.3) is 5.91 Å². The Morgan fingerprint density at radius 1 is 1.19 bits per heavy atom. The lowest BCUT2D eigenvalue weighted by Crippen LogP contribution is -2.35. The first kappa shape index (κ1) is 19.3. The maximum absolute atomic E-state index is 12.9. The Morgan fingerprint density at radius 2 is 2.00 bits per heavy atom. The van der Waals surface area contributed by atoms with Crippen LogP contribution < -0.4 is 11.1 Å². The van der Waals surface area contributed by atoms with Gasteiger partial charge in [0, 0.05) is 49.7 Å². The van der Waals surface area contributed by atoms with Gasteiger partial charge in [-0.15, -0.1) is 0 Å². The van der Waals surface area contributed by atoms with Crippen molar-refractivity contribution in [2.45, 2.75) is 19.9 Å². The molecule has 0 unspecified atom stereocenters. The van der Waals surface area contributed by atoms with Crippen molar-refractivity contribution in [1.29, 1.82) is 0 Å². The van der Waals surface area contributed by atoms with Crippen molar-refractivity contribution in [3.63, 3.8) is 0 Å². The first-order valence-corrected chi connectivity index (χ1v) is 9.53. The molecular formula is C20H25N5OS. The number of aromatic nitrogens is 1. The summed E-state index contributed by atoms with van der Waals surface area (Å²) in [7, 11) is 0. The molecule has 1 aliphatic heterocycles. The van der Waals surface area contributed by atoms with E-state index in [1.165, 1.54) is 0 Å². The number of carbonyl (C=O) groups is 1. The molecule has 0 saturated carbocycles. The summed E-state index contributed by atoms with van der Waals surface area (Å²) in [6.45, 7) is 6.08. The number of nitrogens with one attached hydrogen (secondary N) is 1. The number of hydrogen-bond donors (Lipinski definition) is 2. The second kappa shape index (κ2) is 8.92. The predicted molar refractivity (Wildman–Crippen MR) is 112 cm³/mol. The molecule has 6 nitrogen and oxygen atoms in total. The number of hydrogen-bond acceptors (Lipinski definition) is 4. The third-order valence-corrected chi connectivity index (χ3v) is 4.69. The molecule has 3 rings (SSSR count). The van der Waals surface area contributed by atoms with Crippen LogP contribution in [0, 0.1) is 6.92 Å². The highest BCUT2D eigenvalue weighted by molar-refractivity contribution is 7.80.